The summed E-state index contributed by atoms with van der Waals surface area (Å²) in [4.78, 5) is 29.2. The van der Waals surface area contributed by atoms with Crippen molar-refractivity contribution in [1.82, 2.24) is 4.98 Å². The maximum atomic E-state index is 12.4. The molecular weight excluding hydrogens is 392 g/mol. The van der Waals surface area contributed by atoms with Gasteiger partial charge in [-0.1, -0.05) is 0 Å². The second-order valence-electron chi connectivity index (χ2n) is 7.29. The molecule has 1 fully saturated rings. The van der Waals surface area contributed by atoms with Gasteiger partial charge < -0.3 is 20.7 Å². The number of carbonyl (C=O) groups excluding carboxylic acids is 2. The molecule has 0 radical (unpaired) electrons. The fraction of sp³-hybridized carbons (Fsp3) is 0.208. The molecule has 1 heterocycles. The van der Waals surface area contributed by atoms with E-state index >= 15 is 0 Å². The van der Waals surface area contributed by atoms with Gasteiger partial charge in [0.25, 0.3) is 11.8 Å². The molecular formula is C24H24N4O3. The molecule has 0 saturated heterocycles. The van der Waals surface area contributed by atoms with E-state index in [-0.39, 0.29) is 11.8 Å². The summed E-state index contributed by atoms with van der Waals surface area (Å²) in [5, 5.41) is 8.95. The van der Waals surface area contributed by atoms with Gasteiger partial charge in [0.2, 0.25) is 0 Å². The summed E-state index contributed by atoms with van der Waals surface area (Å²) in [7, 11) is 0. The third-order valence-corrected chi connectivity index (χ3v) is 4.78. The van der Waals surface area contributed by atoms with Crippen molar-refractivity contribution in [2.45, 2.75) is 25.8 Å². The van der Waals surface area contributed by atoms with Gasteiger partial charge in [-0.2, -0.15) is 0 Å². The van der Waals surface area contributed by atoms with E-state index in [4.69, 9.17) is 4.74 Å². The van der Waals surface area contributed by atoms with Gasteiger partial charge in [0, 0.05) is 29.2 Å². The van der Waals surface area contributed by atoms with Crippen LogP contribution in [0.1, 0.15) is 40.5 Å². The van der Waals surface area contributed by atoms with Gasteiger partial charge in [-0.05, 0) is 80.4 Å². The molecule has 7 heteroatoms. The topological polar surface area (TPSA) is 92.4 Å². The lowest BCUT2D eigenvalue weighted by Crippen LogP contribution is -2.14. The maximum absolute atomic E-state index is 12.4. The molecule has 3 aromatic rings. The highest BCUT2D eigenvalue weighted by molar-refractivity contribution is 6.06. The predicted octanol–water partition coefficient (Wildman–Crippen LogP) is 4.56. The van der Waals surface area contributed by atoms with Crippen LogP contribution in [0.2, 0.25) is 0 Å². The number of nitrogens with one attached hydrogen (secondary N) is 3. The first-order valence-corrected chi connectivity index (χ1v) is 10.3. The third-order valence-electron chi connectivity index (χ3n) is 4.78. The van der Waals surface area contributed by atoms with Crippen LogP contribution in [-0.2, 0) is 0 Å². The fourth-order valence-electron chi connectivity index (χ4n) is 2.96. The number of hydrogen-bond donors (Lipinski definition) is 3. The molecule has 0 bridgehead atoms. The lowest BCUT2D eigenvalue weighted by Gasteiger charge is -2.09. The van der Waals surface area contributed by atoms with Gasteiger partial charge in [-0.3, -0.25) is 9.59 Å². The first-order valence-electron chi connectivity index (χ1n) is 10.3. The Kier molecular flexibility index (Phi) is 6.12. The molecule has 3 N–H and O–H groups in total. The van der Waals surface area contributed by atoms with Crippen LogP contribution in [0.15, 0.2) is 66.9 Å². The van der Waals surface area contributed by atoms with E-state index in [2.05, 4.69) is 20.9 Å². The Balaban J connectivity index is 1.32. The average Bonchev–Trinajstić information content (AvgIpc) is 3.60. The number of ether oxygens (including phenoxy) is 1. The predicted molar refractivity (Wildman–Crippen MR) is 121 cm³/mol. The zero-order valence-corrected chi connectivity index (χ0v) is 17.2. The van der Waals surface area contributed by atoms with E-state index in [9.17, 15) is 9.59 Å². The van der Waals surface area contributed by atoms with Crippen molar-refractivity contribution in [2.24, 2.45) is 0 Å². The molecule has 1 aliphatic carbocycles. The molecule has 0 spiro atoms. The molecule has 0 atom stereocenters. The summed E-state index contributed by atoms with van der Waals surface area (Å²) in [6, 6.07) is 18.0. The van der Waals surface area contributed by atoms with Crippen LogP contribution < -0.4 is 20.7 Å². The second-order valence-corrected chi connectivity index (χ2v) is 7.29. The molecule has 31 heavy (non-hydrogen) atoms. The first-order chi connectivity index (χ1) is 15.1. The summed E-state index contributed by atoms with van der Waals surface area (Å²) < 4.78 is 5.40. The van der Waals surface area contributed by atoms with E-state index in [1.54, 1.807) is 60.8 Å². The monoisotopic (exact) mass is 416 g/mol. The Labute approximate surface area is 180 Å². The standard InChI is InChI=1S/C24H24N4O3/c1-2-31-21-12-10-20(11-13-21)27-23(29)16-3-6-19(7-4-16)28-24(30)17-5-14-22(25-15-17)26-18-8-9-18/h3-7,10-15,18H,2,8-9H2,1H3,(H,25,26)(H,27,29)(H,28,30). The highest BCUT2D eigenvalue weighted by Gasteiger charge is 2.21. The van der Waals surface area contributed by atoms with Crippen LogP contribution >= 0.6 is 0 Å². The fourth-order valence-corrected chi connectivity index (χ4v) is 2.96. The van der Waals surface area contributed by atoms with E-state index in [1.807, 2.05) is 13.0 Å². The Hall–Kier alpha value is -3.87. The minimum Gasteiger partial charge on any atom is -0.494 e. The number of nitrogens with zero attached hydrogens (tertiary/aromatic N) is 1. The number of anilines is 3. The van der Waals surface area contributed by atoms with Crippen molar-refractivity contribution in [1.29, 1.82) is 0 Å². The van der Waals surface area contributed by atoms with E-state index in [1.165, 1.54) is 0 Å². The molecule has 0 aliphatic heterocycles. The van der Waals surface area contributed by atoms with Crippen LogP contribution in [-0.4, -0.2) is 29.4 Å². The largest absolute Gasteiger partial charge is 0.494 e. The lowest BCUT2D eigenvalue weighted by molar-refractivity contribution is 0.101. The van der Waals surface area contributed by atoms with Crippen molar-refractivity contribution in [2.75, 3.05) is 22.6 Å². The number of hydrogen-bond acceptors (Lipinski definition) is 5. The van der Waals surface area contributed by atoms with E-state index in [0.29, 0.717) is 35.2 Å². The summed E-state index contributed by atoms with van der Waals surface area (Å²) in [5.41, 5.74) is 2.24. The Morgan fingerprint density at radius 2 is 1.45 bits per heavy atom. The van der Waals surface area contributed by atoms with Gasteiger partial charge in [0.05, 0.1) is 12.2 Å². The van der Waals surface area contributed by atoms with E-state index < -0.39 is 0 Å². The number of pyridine rings is 1. The minimum atomic E-state index is -0.253. The van der Waals surface area contributed by atoms with Crippen molar-refractivity contribution < 1.29 is 14.3 Å². The van der Waals surface area contributed by atoms with Crippen molar-refractivity contribution in [3.8, 4) is 5.75 Å². The molecule has 2 aromatic carbocycles. The number of amides is 2. The van der Waals surface area contributed by atoms with Crippen molar-refractivity contribution >= 4 is 29.0 Å². The van der Waals surface area contributed by atoms with Gasteiger partial charge in [-0.15, -0.1) is 0 Å². The van der Waals surface area contributed by atoms with Crippen LogP contribution in [0, 0.1) is 0 Å². The smallest absolute Gasteiger partial charge is 0.257 e. The number of benzene rings is 2. The van der Waals surface area contributed by atoms with Crippen LogP contribution in [0.3, 0.4) is 0 Å². The Bertz CT molecular complexity index is 1040. The zero-order valence-electron chi connectivity index (χ0n) is 17.2. The summed E-state index contributed by atoms with van der Waals surface area (Å²) in [6.07, 6.45) is 3.88. The number of carbonyl (C=O) groups is 2. The Morgan fingerprint density at radius 1 is 0.871 bits per heavy atom. The molecule has 158 valence electrons. The highest BCUT2D eigenvalue weighted by atomic mass is 16.5. The van der Waals surface area contributed by atoms with Crippen LogP contribution in [0.4, 0.5) is 17.2 Å². The number of aromatic nitrogens is 1. The Morgan fingerprint density at radius 3 is 2.00 bits per heavy atom. The van der Waals surface area contributed by atoms with Crippen LogP contribution in [0.5, 0.6) is 5.75 Å². The van der Waals surface area contributed by atoms with Crippen LogP contribution in [0.25, 0.3) is 0 Å². The molecule has 7 nitrogen and oxygen atoms in total. The summed E-state index contributed by atoms with van der Waals surface area (Å²) in [6.45, 7) is 2.51. The van der Waals surface area contributed by atoms with Gasteiger partial charge in [0.1, 0.15) is 11.6 Å². The molecule has 1 aliphatic rings. The van der Waals surface area contributed by atoms with E-state index in [0.717, 1.165) is 24.4 Å². The van der Waals surface area contributed by atoms with Gasteiger partial charge in [-0.25, -0.2) is 4.98 Å². The summed E-state index contributed by atoms with van der Waals surface area (Å²) >= 11 is 0. The van der Waals surface area contributed by atoms with Gasteiger partial charge >= 0.3 is 0 Å². The molecule has 2 amide bonds. The second kappa shape index (κ2) is 9.30. The van der Waals surface area contributed by atoms with Gasteiger partial charge in [0.15, 0.2) is 0 Å². The average molecular weight is 416 g/mol. The maximum Gasteiger partial charge on any atom is 0.257 e. The zero-order chi connectivity index (χ0) is 21.6. The van der Waals surface area contributed by atoms with Crippen molar-refractivity contribution in [3.05, 3.63) is 78.0 Å². The normalized spacial score (nSPS) is 12.7. The molecule has 4 rings (SSSR count). The molecule has 1 aromatic heterocycles. The van der Waals surface area contributed by atoms with Crippen molar-refractivity contribution in [3.63, 3.8) is 0 Å². The lowest BCUT2D eigenvalue weighted by atomic mass is 10.1. The summed E-state index contributed by atoms with van der Waals surface area (Å²) in [5.74, 6) is 1.05. The molecule has 1 saturated carbocycles. The first kappa shape index (κ1) is 20.4. The third kappa shape index (κ3) is 5.60. The molecule has 0 unspecified atom stereocenters. The highest BCUT2D eigenvalue weighted by Crippen LogP contribution is 2.23. The SMILES string of the molecule is CCOc1ccc(NC(=O)c2ccc(NC(=O)c3ccc(NC4CC4)nc3)cc2)cc1. The quantitative estimate of drug-likeness (QED) is 0.501. The number of rotatable bonds is 8. The minimum absolute atomic E-state index is 0.231.